The molecular weight excluding hydrogens is 408 g/mol. The number of carboxylic acids is 1. The van der Waals surface area contributed by atoms with Crippen LogP contribution >= 0.6 is 0 Å². The van der Waals surface area contributed by atoms with E-state index in [-0.39, 0.29) is 12.0 Å². The molecule has 0 saturated carbocycles. The van der Waals surface area contributed by atoms with Crippen LogP contribution in [0.4, 0.5) is 10.7 Å². The number of ether oxygens (including phenoxy) is 1. The predicted molar refractivity (Wildman–Crippen MR) is 122 cm³/mol. The topological polar surface area (TPSA) is 95.9 Å². The molecule has 1 fully saturated rings. The average Bonchev–Trinajstić information content (AvgIpc) is 3.19. The van der Waals surface area contributed by atoms with Crippen LogP contribution < -0.4 is 4.90 Å². The molecule has 0 spiro atoms. The van der Waals surface area contributed by atoms with Crippen molar-refractivity contribution in [2.45, 2.75) is 45.3 Å². The number of aromatic nitrogens is 2. The fraction of sp³-hybridized carbons (Fsp3) is 0.417. The first-order valence-corrected chi connectivity index (χ1v) is 10.7. The van der Waals surface area contributed by atoms with Crippen molar-refractivity contribution >= 4 is 24.1 Å². The lowest BCUT2D eigenvalue weighted by Gasteiger charge is -2.30. The van der Waals surface area contributed by atoms with Gasteiger partial charge in [0.15, 0.2) is 0 Å². The molecule has 3 rings (SSSR count). The Bertz CT molecular complexity index is 939. The second kappa shape index (κ2) is 10.4. The number of rotatable bonds is 7. The minimum Gasteiger partial charge on any atom is -0.478 e. The van der Waals surface area contributed by atoms with Crippen molar-refractivity contribution in [2.75, 3.05) is 24.5 Å². The number of benzene rings is 1. The molecule has 1 aliphatic heterocycles. The van der Waals surface area contributed by atoms with Crippen LogP contribution in [0, 0.1) is 0 Å². The van der Waals surface area contributed by atoms with Crippen LogP contribution in [0.5, 0.6) is 0 Å². The van der Waals surface area contributed by atoms with E-state index in [2.05, 4.69) is 27.0 Å². The maximum Gasteiger partial charge on any atom is 0.417 e. The summed E-state index contributed by atoms with van der Waals surface area (Å²) in [6.07, 6.45) is 6.68. The van der Waals surface area contributed by atoms with Crippen molar-refractivity contribution < 1.29 is 19.4 Å². The highest BCUT2D eigenvalue weighted by atomic mass is 16.6. The largest absolute Gasteiger partial charge is 0.478 e. The second-order valence-electron chi connectivity index (χ2n) is 8.82. The molecule has 32 heavy (non-hydrogen) atoms. The zero-order valence-corrected chi connectivity index (χ0v) is 18.8. The Hall–Kier alpha value is -3.26. The van der Waals surface area contributed by atoms with E-state index in [1.807, 2.05) is 39.0 Å². The van der Waals surface area contributed by atoms with E-state index in [0.717, 1.165) is 32.0 Å². The fourth-order valence-electron chi connectivity index (χ4n) is 3.57. The molecule has 1 saturated heterocycles. The van der Waals surface area contributed by atoms with E-state index in [1.54, 1.807) is 0 Å². The third-order valence-electron chi connectivity index (χ3n) is 5.05. The van der Waals surface area contributed by atoms with Gasteiger partial charge in [-0.1, -0.05) is 30.3 Å². The lowest BCUT2D eigenvalue weighted by Crippen LogP contribution is -2.46. The van der Waals surface area contributed by atoms with Gasteiger partial charge in [-0.3, -0.25) is 0 Å². The third-order valence-corrected chi connectivity index (χ3v) is 5.05. The van der Waals surface area contributed by atoms with Gasteiger partial charge in [0.05, 0.1) is 6.04 Å². The van der Waals surface area contributed by atoms with Gasteiger partial charge in [0.25, 0.3) is 0 Å². The maximum absolute atomic E-state index is 13.0. The van der Waals surface area contributed by atoms with Crippen molar-refractivity contribution in [3.05, 3.63) is 59.9 Å². The smallest absolute Gasteiger partial charge is 0.417 e. The maximum atomic E-state index is 13.0. The summed E-state index contributed by atoms with van der Waals surface area (Å²) < 4.78 is 5.64. The van der Waals surface area contributed by atoms with Crippen LogP contribution in [-0.4, -0.2) is 63.3 Å². The SMILES string of the molecule is CC(C)(C)OC(=O)N(c1ncc(C=CC(=O)O)cn1)[C@@H]1CCN(CCc2ccccc2)C1. The van der Waals surface area contributed by atoms with Gasteiger partial charge in [-0.15, -0.1) is 0 Å². The molecule has 2 aromatic rings. The summed E-state index contributed by atoms with van der Waals surface area (Å²) in [4.78, 5) is 36.3. The summed E-state index contributed by atoms with van der Waals surface area (Å²) in [5, 5.41) is 8.78. The molecule has 0 aliphatic carbocycles. The minimum atomic E-state index is -1.05. The van der Waals surface area contributed by atoms with Crippen LogP contribution in [0.15, 0.2) is 48.8 Å². The number of aliphatic carboxylic acids is 1. The molecule has 1 amide bonds. The number of carbonyl (C=O) groups excluding carboxylic acids is 1. The monoisotopic (exact) mass is 438 g/mol. The fourth-order valence-corrected chi connectivity index (χ4v) is 3.57. The number of carboxylic acid groups (broad SMARTS) is 1. The summed E-state index contributed by atoms with van der Waals surface area (Å²) in [7, 11) is 0. The third kappa shape index (κ3) is 6.88. The molecule has 8 nitrogen and oxygen atoms in total. The van der Waals surface area contributed by atoms with Crippen molar-refractivity contribution in [3.8, 4) is 0 Å². The summed E-state index contributed by atoms with van der Waals surface area (Å²) in [6, 6.07) is 10.2. The van der Waals surface area contributed by atoms with E-state index >= 15 is 0 Å². The Balaban J connectivity index is 1.73. The van der Waals surface area contributed by atoms with Crippen LogP contribution in [0.3, 0.4) is 0 Å². The van der Waals surface area contributed by atoms with E-state index in [9.17, 15) is 9.59 Å². The molecule has 1 N–H and O–H groups in total. The lowest BCUT2D eigenvalue weighted by molar-refractivity contribution is -0.131. The van der Waals surface area contributed by atoms with Gasteiger partial charge < -0.3 is 14.7 Å². The van der Waals surface area contributed by atoms with Gasteiger partial charge in [-0.25, -0.2) is 24.5 Å². The molecular formula is C24H30N4O4. The molecule has 0 bridgehead atoms. The second-order valence-corrected chi connectivity index (χ2v) is 8.82. The molecule has 2 heterocycles. The average molecular weight is 439 g/mol. The quantitative estimate of drug-likeness (QED) is 0.660. The van der Waals surface area contributed by atoms with E-state index in [4.69, 9.17) is 9.84 Å². The number of hydrogen-bond acceptors (Lipinski definition) is 6. The zero-order chi connectivity index (χ0) is 23.1. The number of anilines is 1. The Labute approximate surface area is 188 Å². The van der Waals surface area contributed by atoms with Crippen LogP contribution in [-0.2, 0) is 16.0 Å². The van der Waals surface area contributed by atoms with E-state index in [1.165, 1.54) is 28.9 Å². The molecule has 0 radical (unpaired) electrons. The first-order valence-electron chi connectivity index (χ1n) is 10.7. The highest BCUT2D eigenvalue weighted by molar-refractivity contribution is 5.87. The van der Waals surface area contributed by atoms with Crippen molar-refractivity contribution in [1.29, 1.82) is 0 Å². The van der Waals surface area contributed by atoms with Crippen molar-refractivity contribution in [3.63, 3.8) is 0 Å². The molecule has 0 unspecified atom stereocenters. The Morgan fingerprint density at radius 3 is 2.53 bits per heavy atom. The van der Waals surface area contributed by atoms with Gasteiger partial charge in [0.2, 0.25) is 5.95 Å². The molecule has 1 aromatic heterocycles. The zero-order valence-electron chi connectivity index (χ0n) is 18.8. The lowest BCUT2D eigenvalue weighted by atomic mass is 10.1. The van der Waals surface area contributed by atoms with E-state index < -0.39 is 17.7 Å². The molecule has 8 heteroatoms. The summed E-state index contributed by atoms with van der Waals surface area (Å²) in [6.45, 7) is 7.95. The number of amides is 1. The Morgan fingerprint density at radius 1 is 1.22 bits per heavy atom. The number of nitrogens with zero attached hydrogens (tertiary/aromatic N) is 4. The number of likely N-dealkylation sites (tertiary alicyclic amines) is 1. The van der Waals surface area contributed by atoms with Crippen molar-refractivity contribution in [1.82, 2.24) is 14.9 Å². The highest BCUT2D eigenvalue weighted by Gasteiger charge is 2.35. The van der Waals surface area contributed by atoms with Gasteiger partial charge in [-0.2, -0.15) is 0 Å². The normalized spacial score (nSPS) is 16.9. The Morgan fingerprint density at radius 2 is 1.91 bits per heavy atom. The van der Waals surface area contributed by atoms with Crippen molar-refractivity contribution in [2.24, 2.45) is 0 Å². The Kier molecular flexibility index (Phi) is 7.58. The molecule has 1 aromatic carbocycles. The van der Waals surface area contributed by atoms with Gasteiger partial charge in [-0.05, 0) is 45.3 Å². The number of carbonyl (C=O) groups is 2. The molecule has 1 atom stereocenters. The first-order chi connectivity index (χ1) is 15.2. The van der Waals surface area contributed by atoms with Crippen LogP contribution in [0.25, 0.3) is 6.08 Å². The summed E-state index contributed by atoms with van der Waals surface area (Å²) in [5.41, 5.74) is 1.18. The van der Waals surface area contributed by atoms with Gasteiger partial charge in [0.1, 0.15) is 5.60 Å². The van der Waals surface area contributed by atoms with Gasteiger partial charge >= 0.3 is 12.1 Å². The highest BCUT2D eigenvalue weighted by Crippen LogP contribution is 2.23. The predicted octanol–water partition coefficient (Wildman–Crippen LogP) is 3.63. The van der Waals surface area contributed by atoms with E-state index in [0.29, 0.717) is 12.1 Å². The number of hydrogen-bond donors (Lipinski definition) is 1. The minimum absolute atomic E-state index is 0.110. The summed E-state index contributed by atoms with van der Waals surface area (Å²) >= 11 is 0. The first kappa shape index (κ1) is 23.4. The van der Waals surface area contributed by atoms with Crippen LogP contribution in [0.1, 0.15) is 38.3 Å². The van der Waals surface area contributed by atoms with Crippen LogP contribution in [0.2, 0.25) is 0 Å². The molecule has 170 valence electrons. The standard InChI is InChI=1S/C24H30N4O4/c1-24(2,3)32-23(31)28(22-25-15-19(16-26-22)9-10-21(29)30)20-12-14-27(17-20)13-11-18-7-5-4-6-8-18/h4-10,15-16,20H,11-14,17H2,1-3H3,(H,29,30)/t20-/m1/s1. The summed E-state index contributed by atoms with van der Waals surface area (Å²) in [5.74, 6) is -0.798. The van der Waals surface area contributed by atoms with Gasteiger partial charge in [0, 0.05) is 43.7 Å². The molecule has 1 aliphatic rings.